The van der Waals surface area contributed by atoms with Crippen LogP contribution in [0.3, 0.4) is 0 Å². The first-order valence-electron chi connectivity index (χ1n) is 12.3. The van der Waals surface area contributed by atoms with E-state index in [0.717, 1.165) is 44.9 Å². The minimum atomic E-state index is -4.76. The van der Waals surface area contributed by atoms with Crippen LogP contribution in [0.5, 0.6) is 0 Å². The molecule has 0 saturated carbocycles. The summed E-state index contributed by atoms with van der Waals surface area (Å²) >= 11 is 0. The summed E-state index contributed by atoms with van der Waals surface area (Å²) in [7, 11) is -4.76. The molecule has 0 amide bonds. The van der Waals surface area contributed by atoms with Crippen molar-refractivity contribution in [2.75, 3.05) is 6.61 Å². The third-order valence-corrected chi connectivity index (χ3v) is 6.87. The number of ether oxygens (including phenoxy) is 1. The van der Waals surface area contributed by atoms with Gasteiger partial charge in [0.25, 0.3) is 5.76 Å². The van der Waals surface area contributed by atoms with E-state index in [0.29, 0.717) is 6.42 Å². The van der Waals surface area contributed by atoms with Gasteiger partial charge >= 0.3 is 13.8 Å². The zero-order valence-corrected chi connectivity index (χ0v) is 21.2. The summed E-state index contributed by atoms with van der Waals surface area (Å²) < 4.78 is 27.8. The van der Waals surface area contributed by atoms with Crippen LogP contribution in [0.4, 0.5) is 0 Å². The van der Waals surface area contributed by atoms with Crippen LogP contribution in [0, 0.1) is 5.92 Å². The lowest BCUT2D eigenvalue weighted by atomic mass is 9.93. The molecule has 33 heavy (non-hydrogen) atoms. The summed E-state index contributed by atoms with van der Waals surface area (Å²) in [4.78, 5) is 22.3. The van der Waals surface area contributed by atoms with Gasteiger partial charge in [-0.05, 0) is 18.8 Å². The predicted molar refractivity (Wildman–Crippen MR) is 124 cm³/mol. The number of carbonyl (C=O) groups excluding carboxylic acids is 1. The highest BCUT2D eigenvalue weighted by molar-refractivity contribution is 7.47. The Hall–Kier alpha value is -1.12. The molecule has 4 N–H and O–H groups in total. The number of esters is 1. The van der Waals surface area contributed by atoms with Crippen molar-refractivity contribution in [3.63, 3.8) is 0 Å². The normalized spacial score (nSPS) is 20.9. The van der Waals surface area contributed by atoms with Gasteiger partial charge in [-0.1, -0.05) is 85.0 Å². The predicted octanol–water partition coefficient (Wildman–Crippen LogP) is 4.89. The highest BCUT2D eigenvalue weighted by Gasteiger charge is 2.44. The van der Waals surface area contributed by atoms with Crippen LogP contribution in [0.1, 0.15) is 97.8 Å². The second-order valence-electron chi connectivity index (χ2n) is 8.88. The average molecular weight is 495 g/mol. The van der Waals surface area contributed by atoms with E-state index in [1.54, 1.807) is 0 Å². The number of phosphoric acid groups is 1. The van der Waals surface area contributed by atoms with Crippen molar-refractivity contribution in [1.29, 1.82) is 0 Å². The molecule has 0 aromatic rings. The van der Waals surface area contributed by atoms with Crippen molar-refractivity contribution < 1.29 is 43.4 Å². The van der Waals surface area contributed by atoms with E-state index in [9.17, 15) is 24.5 Å². The molecule has 4 unspecified atom stereocenters. The minimum absolute atomic E-state index is 0.00258. The first kappa shape index (κ1) is 29.9. The SMILES string of the molecule is CCCCCCCCCC(OP(=O)(O)OC1=C(O)[C@@H](C(O)CO)OC1=O)C(C)CCCCC. The van der Waals surface area contributed by atoms with Gasteiger partial charge in [-0.3, -0.25) is 9.42 Å². The molecule has 0 fully saturated rings. The van der Waals surface area contributed by atoms with Crippen molar-refractivity contribution in [1.82, 2.24) is 0 Å². The van der Waals surface area contributed by atoms with E-state index in [1.165, 1.54) is 25.7 Å². The molecule has 0 saturated heterocycles. The van der Waals surface area contributed by atoms with Crippen molar-refractivity contribution in [3.05, 3.63) is 11.5 Å². The summed E-state index contributed by atoms with van der Waals surface area (Å²) in [6.07, 6.45) is 8.56. The highest BCUT2D eigenvalue weighted by Crippen LogP contribution is 2.50. The lowest BCUT2D eigenvalue weighted by Gasteiger charge is -2.26. The number of cyclic esters (lactones) is 1. The number of hydrogen-bond donors (Lipinski definition) is 4. The monoisotopic (exact) mass is 494 g/mol. The quantitative estimate of drug-likeness (QED) is 0.112. The zero-order chi connectivity index (χ0) is 24.9. The highest BCUT2D eigenvalue weighted by atomic mass is 31.2. The molecule has 5 atom stereocenters. The smallest absolute Gasteiger partial charge is 0.505 e. The lowest BCUT2D eigenvalue weighted by Crippen LogP contribution is -2.31. The summed E-state index contributed by atoms with van der Waals surface area (Å²) in [5, 5.41) is 28.7. The van der Waals surface area contributed by atoms with Crippen LogP contribution in [-0.2, 0) is 23.1 Å². The molecule has 1 heterocycles. The molecule has 194 valence electrons. The first-order valence-corrected chi connectivity index (χ1v) is 13.8. The molecule has 1 rings (SSSR count). The molecule has 0 radical (unpaired) electrons. The van der Waals surface area contributed by atoms with Crippen molar-refractivity contribution in [2.24, 2.45) is 5.92 Å². The molecule has 0 aliphatic carbocycles. The Kier molecular flexibility index (Phi) is 14.2. The Morgan fingerprint density at radius 3 is 2.15 bits per heavy atom. The van der Waals surface area contributed by atoms with Crippen molar-refractivity contribution in [2.45, 2.75) is 116 Å². The van der Waals surface area contributed by atoms with E-state index in [2.05, 4.69) is 13.8 Å². The van der Waals surface area contributed by atoms with Gasteiger partial charge in [-0.15, -0.1) is 0 Å². The maximum Gasteiger partial charge on any atom is 0.528 e. The van der Waals surface area contributed by atoms with Crippen LogP contribution in [-0.4, -0.2) is 51.1 Å². The number of hydrogen-bond acceptors (Lipinski definition) is 8. The van der Waals surface area contributed by atoms with Crippen LogP contribution in [0.15, 0.2) is 11.5 Å². The van der Waals surface area contributed by atoms with E-state index in [4.69, 9.17) is 18.9 Å². The van der Waals surface area contributed by atoms with Gasteiger partial charge in [0.05, 0.1) is 12.7 Å². The Balaban J connectivity index is 2.76. The zero-order valence-electron chi connectivity index (χ0n) is 20.3. The van der Waals surface area contributed by atoms with Gasteiger partial charge in [0, 0.05) is 0 Å². The van der Waals surface area contributed by atoms with E-state index < -0.39 is 50.2 Å². The molecule has 0 spiro atoms. The third-order valence-electron chi connectivity index (χ3n) is 5.92. The van der Waals surface area contributed by atoms with Crippen LogP contribution in [0.2, 0.25) is 0 Å². The summed E-state index contributed by atoms with van der Waals surface area (Å²) in [5.74, 6) is -2.93. The van der Waals surface area contributed by atoms with Crippen molar-refractivity contribution >= 4 is 13.8 Å². The van der Waals surface area contributed by atoms with Gasteiger partial charge in [0.2, 0.25) is 0 Å². The van der Waals surface area contributed by atoms with Crippen LogP contribution >= 0.6 is 7.82 Å². The minimum Gasteiger partial charge on any atom is -0.505 e. The maximum atomic E-state index is 12.7. The third kappa shape index (κ3) is 10.8. The number of aliphatic hydroxyl groups is 3. The fourth-order valence-electron chi connectivity index (χ4n) is 3.85. The summed E-state index contributed by atoms with van der Waals surface area (Å²) in [5.41, 5.74) is 0. The topological polar surface area (TPSA) is 143 Å². The number of carbonyl (C=O) groups is 1. The van der Waals surface area contributed by atoms with Crippen molar-refractivity contribution in [3.8, 4) is 0 Å². The molecule has 0 aromatic carbocycles. The maximum absolute atomic E-state index is 12.7. The van der Waals surface area contributed by atoms with E-state index in [1.807, 2.05) is 6.92 Å². The number of unbranched alkanes of at least 4 members (excludes halogenated alkanes) is 8. The van der Waals surface area contributed by atoms with Gasteiger partial charge < -0.3 is 24.6 Å². The number of rotatable bonds is 19. The molecule has 1 aliphatic rings. The van der Waals surface area contributed by atoms with E-state index >= 15 is 0 Å². The Morgan fingerprint density at radius 1 is 1.00 bits per heavy atom. The largest absolute Gasteiger partial charge is 0.528 e. The molecule has 9 nitrogen and oxygen atoms in total. The molecular weight excluding hydrogens is 451 g/mol. The molecule has 0 bridgehead atoms. The van der Waals surface area contributed by atoms with Crippen LogP contribution in [0.25, 0.3) is 0 Å². The van der Waals surface area contributed by atoms with Gasteiger partial charge in [0.15, 0.2) is 11.9 Å². The van der Waals surface area contributed by atoms with E-state index in [-0.39, 0.29) is 5.92 Å². The molecular formula is C23H43O9P. The molecule has 10 heteroatoms. The molecule has 0 aromatic heterocycles. The number of aliphatic hydroxyl groups excluding tert-OH is 3. The standard InChI is InChI=1S/C23H43O9P/c1-4-6-8-9-10-11-13-15-19(17(3)14-12-7-5-2)31-33(28,29)32-22-20(26)21(18(25)16-24)30-23(22)27/h17-19,21,24-26H,4-16H2,1-3H3,(H,28,29)/t17?,18?,19?,21-/m1/s1. The van der Waals surface area contributed by atoms with Gasteiger partial charge in [0.1, 0.15) is 6.10 Å². The fourth-order valence-corrected chi connectivity index (χ4v) is 4.95. The van der Waals surface area contributed by atoms with Gasteiger partial charge in [-0.25, -0.2) is 9.36 Å². The van der Waals surface area contributed by atoms with Gasteiger partial charge in [-0.2, -0.15) is 0 Å². The summed E-state index contributed by atoms with van der Waals surface area (Å²) in [6.45, 7) is 5.47. The first-order chi connectivity index (χ1) is 15.7. The fraction of sp³-hybridized carbons (Fsp3) is 0.870. The van der Waals surface area contributed by atoms with Crippen LogP contribution < -0.4 is 0 Å². The number of phosphoric ester groups is 1. The Bertz CT molecular complexity index is 652. The lowest BCUT2D eigenvalue weighted by molar-refractivity contribution is -0.147. The molecule has 1 aliphatic heterocycles. The Labute approximate surface area is 197 Å². The second-order valence-corrected chi connectivity index (χ2v) is 10.2. The second kappa shape index (κ2) is 15.7. The Morgan fingerprint density at radius 2 is 1.55 bits per heavy atom. The summed E-state index contributed by atoms with van der Waals surface area (Å²) in [6, 6.07) is 0. The average Bonchev–Trinajstić information content (AvgIpc) is 3.05.